The van der Waals surface area contributed by atoms with E-state index in [0.29, 0.717) is 12.6 Å². The first kappa shape index (κ1) is 13.7. The van der Waals surface area contributed by atoms with Gasteiger partial charge in [0.1, 0.15) is 17.4 Å². The topological polar surface area (TPSA) is 51.5 Å². The standard InChI is InChI=1S/C16H18N4OS/c1-10-14(20-16(18-10)22-11(2)19-20)8-17-13-7-12-5-3-4-6-15(12)21-9-13/h3-6,13,17H,7-9H2,1-2H3. The van der Waals surface area contributed by atoms with Crippen LogP contribution in [0, 0.1) is 13.8 Å². The van der Waals surface area contributed by atoms with Gasteiger partial charge in [-0.3, -0.25) is 0 Å². The molecule has 0 aliphatic carbocycles. The Hall–Kier alpha value is -1.92. The third-order valence-electron chi connectivity index (χ3n) is 4.03. The number of hydrogen-bond donors (Lipinski definition) is 1. The minimum Gasteiger partial charge on any atom is -0.492 e. The van der Waals surface area contributed by atoms with Crippen LogP contribution in [0.3, 0.4) is 0 Å². The van der Waals surface area contributed by atoms with Gasteiger partial charge >= 0.3 is 0 Å². The molecule has 0 radical (unpaired) electrons. The van der Waals surface area contributed by atoms with Crippen molar-refractivity contribution < 1.29 is 4.74 Å². The summed E-state index contributed by atoms with van der Waals surface area (Å²) in [6.07, 6.45) is 0.993. The maximum atomic E-state index is 5.83. The molecular formula is C16H18N4OS. The molecule has 0 bridgehead atoms. The number of fused-ring (bicyclic) bond motifs is 2. The van der Waals surface area contributed by atoms with Gasteiger partial charge < -0.3 is 10.1 Å². The van der Waals surface area contributed by atoms with E-state index in [1.807, 2.05) is 30.5 Å². The van der Waals surface area contributed by atoms with Crippen LogP contribution in [0.1, 0.15) is 22.0 Å². The first-order chi connectivity index (χ1) is 10.7. The molecule has 2 aromatic heterocycles. The summed E-state index contributed by atoms with van der Waals surface area (Å²) in [5.41, 5.74) is 3.45. The second-order valence-electron chi connectivity index (χ2n) is 5.66. The number of aryl methyl sites for hydroxylation is 2. The van der Waals surface area contributed by atoms with Crippen LogP contribution in [0.25, 0.3) is 4.96 Å². The Morgan fingerprint density at radius 2 is 2.23 bits per heavy atom. The molecule has 1 aromatic carbocycles. The number of benzene rings is 1. The normalized spacial score (nSPS) is 17.5. The van der Waals surface area contributed by atoms with Gasteiger partial charge in [0, 0.05) is 12.6 Å². The van der Waals surface area contributed by atoms with Crippen molar-refractivity contribution in [2.24, 2.45) is 0 Å². The molecule has 6 heteroatoms. The van der Waals surface area contributed by atoms with Gasteiger partial charge in [0.25, 0.3) is 0 Å². The minimum absolute atomic E-state index is 0.319. The van der Waals surface area contributed by atoms with Crippen molar-refractivity contribution in [3.63, 3.8) is 0 Å². The smallest absolute Gasteiger partial charge is 0.212 e. The lowest BCUT2D eigenvalue weighted by Crippen LogP contribution is -2.39. The summed E-state index contributed by atoms with van der Waals surface area (Å²) in [6.45, 7) is 5.51. The average Bonchev–Trinajstić information content (AvgIpc) is 3.00. The molecule has 0 fully saturated rings. The second kappa shape index (κ2) is 5.37. The second-order valence-corrected chi connectivity index (χ2v) is 6.82. The largest absolute Gasteiger partial charge is 0.492 e. The van der Waals surface area contributed by atoms with E-state index in [4.69, 9.17) is 4.74 Å². The lowest BCUT2D eigenvalue weighted by molar-refractivity contribution is 0.237. The molecular weight excluding hydrogens is 296 g/mol. The number of imidazole rings is 1. The van der Waals surface area contributed by atoms with Crippen LogP contribution < -0.4 is 10.1 Å². The molecule has 4 rings (SSSR count). The van der Waals surface area contributed by atoms with E-state index in [9.17, 15) is 0 Å². The van der Waals surface area contributed by atoms with E-state index in [-0.39, 0.29) is 0 Å². The zero-order valence-corrected chi connectivity index (χ0v) is 13.5. The van der Waals surface area contributed by atoms with Gasteiger partial charge in [-0.2, -0.15) is 5.10 Å². The molecule has 0 amide bonds. The van der Waals surface area contributed by atoms with E-state index in [1.54, 1.807) is 11.3 Å². The highest BCUT2D eigenvalue weighted by Crippen LogP contribution is 2.24. The number of para-hydroxylation sites is 1. The van der Waals surface area contributed by atoms with E-state index in [1.165, 1.54) is 5.56 Å². The van der Waals surface area contributed by atoms with Crippen molar-refractivity contribution in [2.45, 2.75) is 32.9 Å². The molecule has 0 saturated heterocycles. The first-order valence-corrected chi connectivity index (χ1v) is 8.28. The summed E-state index contributed by atoms with van der Waals surface area (Å²) in [7, 11) is 0. The van der Waals surface area contributed by atoms with Crippen molar-refractivity contribution in [3.05, 3.63) is 46.2 Å². The number of hydrogen-bond acceptors (Lipinski definition) is 5. The molecule has 1 N–H and O–H groups in total. The number of aromatic nitrogens is 3. The van der Waals surface area contributed by atoms with Crippen LogP contribution in [-0.4, -0.2) is 27.2 Å². The zero-order valence-electron chi connectivity index (χ0n) is 12.7. The maximum Gasteiger partial charge on any atom is 0.212 e. The number of rotatable bonds is 3. The molecule has 1 aliphatic rings. The van der Waals surface area contributed by atoms with Crippen molar-refractivity contribution in [3.8, 4) is 5.75 Å². The minimum atomic E-state index is 0.319. The molecule has 0 spiro atoms. The Bertz CT molecular complexity index is 823. The molecule has 0 saturated carbocycles. The molecule has 1 aliphatic heterocycles. The Kier molecular flexibility index (Phi) is 3.35. The third kappa shape index (κ3) is 2.38. The van der Waals surface area contributed by atoms with Crippen molar-refractivity contribution >= 4 is 16.3 Å². The van der Waals surface area contributed by atoms with Gasteiger partial charge in [0.05, 0.1) is 11.4 Å². The Labute approximate surface area is 133 Å². The molecule has 1 unspecified atom stereocenters. The SMILES string of the molecule is Cc1nn2c(CNC3COc4ccccc4C3)c(C)nc2s1. The van der Waals surface area contributed by atoms with Crippen molar-refractivity contribution in [1.82, 2.24) is 19.9 Å². The number of nitrogens with zero attached hydrogens (tertiary/aromatic N) is 3. The fourth-order valence-electron chi connectivity index (χ4n) is 2.89. The molecule has 3 aromatic rings. The van der Waals surface area contributed by atoms with Crippen molar-refractivity contribution in [1.29, 1.82) is 0 Å². The molecule has 22 heavy (non-hydrogen) atoms. The summed E-state index contributed by atoms with van der Waals surface area (Å²) in [5.74, 6) is 1.01. The zero-order chi connectivity index (χ0) is 15.1. The van der Waals surface area contributed by atoms with Crippen LogP contribution in [0.5, 0.6) is 5.75 Å². The highest BCUT2D eigenvalue weighted by Gasteiger charge is 2.20. The third-order valence-corrected chi connectivity index (χ3v) is 4.86. The lowest BCUT2D eigenvalue weighted by atomic mass is 10.0. The molecule has 114 valence electrons. The van der Waals surface area contributed by atoms with Gasteiger partial charge in [0.2, 0.25) is 4.96 Å². The van der Waals surface area contributed by atoms with E-state index >= 15 is 0 Å². The fraction of sp³-hybridized carbons (Fsp3) is 0.375. The van der Waals surface area contributed by atoms with Crippen LogP contribution in [0.15, 0.2) is 24.3 Å². The number of nitrogens with one attached hydrogen (secondary N) is 1. The van der Waals surface area contributed by atoms with Crippen molar-refractivity contribution in [2.75, 3.05) is 6.61 Å². The summed E-state index contributed by atoms with van der Waals surface area (Å²) in [5, 5.41) is 9.16. The predicted octanol–water partition coefficient (Wildman–Crippen LogP) is 2.50. The highest BCUT2D eigenvalue weighted by atomic mass is 32.1. The van der Waals surface area contributed by atoms with Gasteiger partial charge in [0.15, 0.2) is 0 Å². The summed E-state index contributed by atoms with van der Waals surface area (Å²) >= 11 is 1.63. The van der Waals surface area contributed by atoms with Crippen LogP contribution in [-0.2, 0) is 13.0 Å². The van der Waals surface area contributed by atoms with Gasteiger partial charge in [-0.05, 0) is 31.9 Å². The van der Waals surface area contributed by atoms with Gasteiger partial charge in [-0.1, -0.05) is 29.5 Å². The fourth-order valence-corrected chi connectivity index (χ4v) is 3.70. The Balaban J connectivity index is 1.49. The average molecular weight is 314 g/mol. The number of ether oxygens (including phenoxy) is 1. The molecule has 1 atom stereocenters. The van der Waals surface area contributed by atoms with Crippen LogP contribution in [0.2, 0.25) is 0 Å². The van der Waals surface area contributed by atoms with Crippen LogP contribution >= 0.6 is 11.3 Å². The highest BCUT2D eigenvalue weighted by molar-refractivity contribution is 7.16. The molecule has 5 nitrogen and oxygen atoms in total. The van der Waals surface area contributed by atoms with Gasteiger partial charge in [-0.25, -0.2) is 9.50 Å². The van der Waals surface area contributed by atoms with E-state index in [2.05, 4.69) is 27.5 Å². The lowest BCUT2D eigenvalue weighted by Gasteiger charge is -2.26. The van der Waals surface area contributed by atoms with E-state index < -0.39 is 0 Å². The monoisotopic (exact) mass is 314 g/mol. The Morgan fingerprint density at radius 1 is 1.36 bits per heavy atom. The maximum absolute atomic E-state index is 5.83. The first-order valence-electron chi connectivity index (χ1n) is 7.46. The van der Waals surface area contributed by atoms with Crippen LogP contribution in [0.4, 0.5) is 0 Å². The summed E-state index contributed by atoms with van der Waals surface area (Å²) in [6, 6.07) is 8.57. The predicted molar refractivity (Wildman–Crippen MR) is 86.6 cm³/mol. The quantitative estimate of drug-likeness (QED) is 0.807. The molecule has 3 heterocycles. The Morgan fingerprint density at radius 3 is 3.14 bits per heavy atom. The van der Waals surface area contributed by atoms with Gasteiger partial charge in [-0.15, -0.1) is 0 Å². The summed E-state index contributed by atoms with van der Waals surface area (Å²) < 4.78 is 7.79. The van der Waals surface area contributed by atoms with E-state index in [0.717, 1.165) is 40.1 Å². The summed E-state index contributed by atoms with van der Waals surface area (Å²) in [4.78, 5) is 5.55.